The van der Waals surface area contributed by atoms with Crippen molar-refractivity contribution in [1.29, 1.82) is 0 Å². The van der Waals surface area contributed by atoms with Crippen molar-refractivity contribution < 1.29 is 18.3 Å². The third-order valence-electron chi connectivity index (χ3n) is 3.12. The van der Waals surface area contributed by atoms with Crippen LogP contribution < -0.4 is 5.32 Å². The molecule has 1 unspecified atom stereocenters. The molecule has 1 atom stereocenters. The molecule has 0 saturated carbocycles. The van der Waals surface area contributed by atoms with Gasteiger partial charge in [-0.3, -0.25) is 0 Å². The molecule has 0 spiro atoms. The van der Waals surface area contributed by atoms with Gasteiger partial charge in [-0.1, -0.05) is 12.1 Å². The van der Waals surface area contributed by atoms with Crippen molar-refractivity contribution in [2.24, 2.45) is 0 Å². The number of hydrogen-bond donors (Lipinski definition) is 2. The van der Waals surface area contributed by atoms with E-state index in [0.717, 1.165) is 18.2 Å². The zero-order chi connectivity index (χ0) is 14.8. The zero-order valence-electron chi connectivity index (χ0n) is 10.8. The van der Waals surface area contributed by atoms with E-state index in [2.05, 4.69) is 5.32 Å². The SMILES string of the molecule is CC(CO)(Nc1ccccc1F)c1cc(F)ccc1F. The van der Waals surface area contributed by atoms with Crippen LogP contribution in [-0.2, 0) is 5.54 Å². The first-order valence-corrected chi connectivity index (χ1v) is 6.05. The molecule has 0 radical (unpaired) electrons. The number of hydrogen-bond acceptors (Lipinski definition) is 2. The Balaban J connectivity index is 2.43. The van der Waals surface area contributed by atoms with Crippen molar-refractivity contribution in [1.82, 2.24) is 0 Å². The number of halogens is 3. The average molecular weight is 281 g/mol. The van der Waals surface area contributed by atoms with Crippen LogP contribution in [0, 0.1) is 17.5 Å². The van der Waals surface area contributed by atoms with Gasteiger partial charge in [0.05, 0.1) is 17.8 Å². The van der Waals surface area contributed by atoms with Crippen LogP contribution in [0.3, 0.4) is 0 Å². The molecule has 106 valence electrons. The summed E-state index contributed by atoms with van der Waals surface area (Å²) in [6.07, 6.45) is 0. The van der Waals surface area contributed by atoms with Crippen LogP contribution in [-0.4, -0.2) is 11.7 Å². The number of para-hydroxylation sites is 1. The van der Waals surface area contributed by atoms with E-state index in [0.29, 0.717) is 0 Å². The molecule has 5 heteroatoms. The lowest BCUT2D eigenvalue weighted by atomic mass is 9.91. The molecule has 0 aromatic heterocycles. The molecule has 2 rings (SSSR count). The fourth-order valence-corrected chi connectivity index (χ4v) is 1.97. The summed E-state index contributed by atoms with van der Waals surface area (Å²) >= 11 is 0. The third kappa shape index (κ3) is 2.77. The highest BCUT2D eigenvalue weighted by Crippen LogP contribution is 2.29. The lowest BCUT2D eigenvalue weighted by molar-refractivity contribution is 0.220. The Morgan fingerprint density at radius 2 is 1.75 bits per heavy atom. The molecule has 0 aliphatic heterocycles. The lowest BCUT2D eigenvalue weighted by Gasteiger charge is -2.31. The van der Waals surface area contributed by atoms with Crippen molar-refractivity contribution >= 4 is 5.69 Å². The van der Waals surface area contributed by atoms with Gasteiger partial charge in [-0.05, 0) is 37.3 Å². The van der Waals surface area contributed by atoms with Crippen LogP contribution >= 0.6 is 0 Å². The maximum atomic E-state index is 13.8. The third-order valence-corrected chi connectivity index (χ3v) is 3.12. The van der Waals surface area contributed by atoms with Crippen LogP contribution in [0.4, 0.5) is 18.9 Å². The van der Waals surface area contributed by atoms with Gasteiger partial charge in [-0.25, -0.2) is 13.2 Å². The molecule has 0 heterocycles. The van der Waals surface area contributed by atoms with E-state index in [9.17, 15) is 18.3 Å². The van der Waals surface area contributed by atoms with Crippen LogP contribution in [0.25, 0.3) is 0 Å². The van der Waals surface area contributed by atoms with Gasteiger partial charge in [0.15, 0.2) is 0 Å². The summed E-state index contributed by atoms with van der Waals surface area (Å²) in [4.78, 5) is 0. The normalized spacial score (nSPS) is 13.8. The molecule has 2 aromatic carbocycles. The average Bonchev–Trinajstić information content (AvgIpc) is 2.44. The van der Waals surface area contributed by atoms with Gasteiger partial charge >= 0.3 is 0 Å². The maximum Gasteiger partial charge on any atom is 0.146 e. The monoisotopic (exact) mass is 281 g/mol. The van der Waals surface area contributed by atoms with Crippen molar-refractivity contribution in [2.45, 2.75) is 12.5 Å². The summed E-state index contributed by atoms with van der Waals surface area (Å²) in [5.41, 5.74) is -1.30. The number of aliphatic hydroxyl groups is 1. The summed E-state index contributed by atoms with van der Waals surface area (Å²) in [6, 6.07) is 8.76. The molecular weight excluding hydrogens is 267 g/mol. The highest BCUT2D eigenvalue weighted by atomic mass is 19.1. The van der Waals surface area contributed by atoms with Crippen molar-refractivity contribution in [2.75, 3.05) is 11.9 Å². The summed E-state index contributed by atoms with van der Waals surface area (Å²) < 4.78 is 40.8. The predicted octanol–water partition coefficient (Wildman–Crippen LogP) is 3.42. The topological polar surface area (TPSA) is 32.3 Å². The molecule has 2 N–H and O–H groups in total. The first kappa shape index (κ1) is 14.4. The molecule has 0 saturated heterocycles. The van der Waals surface area contributed by atoms with E-state index in [4.69, 9.17) is 0 Å². The Labute approximate surface area is 114 Å². The Morgan fingerprint density at radius 3 is 2.40 bits per heavy atom. The van der Waals surface area contributed by atoms with E-state index >= 15 is 0 Å². The van der Waals surface area contributed by atoms with Gasteiger partial charge in [-0.2, -0.15) is 0 Å². The largest absolute Gasteiger partial charge is 0.394 e. The quantitative estimate of drug-likeness (QED) is 0.900. The maximum absolute atomic E-state index is 13.8. The second-order valence-corrected chi connectivity index (χ2v) is 4.72. The molecule has 2 nitrogen and oxygen atoms in total. The van der Waals surface area contributed by atoms with E-state index in [-0.39, 0.29) is 11.3 Å². The minimum absolute atomic E-state index is 0.0664. The molecule has 20 heavy (non-hydrogen) atoms. The van der Waals surface area contributed by atoms with Crippen LogP contribution in [0.15, 0.2) is 42.5 Å². The van der Waals surface area contributed by atoms with Crippen molar-refractivity contribution in [3.05, 3.63) is 65.5 Å². The Bertz CT molecular complexity index is 618. The van der Waals surface area contributed by atoms with Crippen LogP contribution in [0.5, 0.6) is 0 Å². The Kier molecular flexibility index (Phi) is 3.99. The van der Waals surface area contributed by atoms with Gasteiger partial charge in [-0.15, -0.1) is 0 Å². The molecule has 0 bridgehead atoms. The van der Waals surface area contributed by atoms with Crippen molar-refractivity contribution in [3.63, 3.8) is 0 Å². The Hall–Kier alpha value is -2.01. The van der Waals surface area contributed by atoms with Gasteiger partial charge in [0, 0.05) is 5.56 Å². The summed E-state index contributed by atoms with van der Waals surface area (Å²) in [6.45, 7) is 0.943. The molecule has 0 aliphatic carbocycles. The Morgan fingerprint density at radius 1 is 1.05 bits per heavy atom. The predicted molar refractivity (Wildman–Crippen MR) is 70.8 cm³/mol. The molecule has 0 fully saturated rings. The summed E-state index contributed by atoms with van der Waals surface area (Å²) in [5, 5.41) is 12.3. The van der Waals surface area contributed by atoms with Gasteiger partial charge in [0.2, 0.25) is 0 Å². The summed E-state index contributed by atoms with van der Waals surface area (Å²) in [5.74, 6) is -1.84. The van der Waals surface area contributed by atoms with Gasteiger partial charge in [0.1, 0.15) is 17.5 Å². The fourth-order valence-electron chi connectivity index (χ4n) is 1.97. The summed E-state index contributed by atoms with van der Waals surface area (Å²) in [7, 11) is 0. The molecule has 0 aliphatic rings. The van der Waals surface area contributed by atoms with Gasteiger partial charge < -0.3 is 10.4 Å². The highest BCUT2D eigenvalue weighted by Gasteiger charge is 2.30. The number of benzene rings is 2. The standard InChI is InChI=1S/C15H14F3NO/c1-15(9-20,11-8-10(16)6-7-12(11)17)19-14-5-3-2-4-13(14)18/h2-8,19-20H,9H2,1H3. The number of aliphatic hydroxyl groups excluding tert-OH is 1. The second-order valence-electron chi connectivity index (χ2n) is 4.72. The zero-order valence-corrected chi connectivity index (χ0v) is 10.8. The first-order valence-electron chi connectivity index (χ1n) is 6.05. The lowest BCUT2D eigenvalue weighted by Crippen LogP contribution is -2.37. The van der Waals surface area contributed by atoms with E-state index in [1.165, 1.54) is 25.1 Å². The van der Waals surface area contributed by atoms with E-state index in [1.54, 1.807) is 6.07 Å². The number of nitrogens with one attached hydrogen (secondary N) is 1. The highest BCUT2D eigenvalue weighted by molar-refractivity contribution is 5.49. The first-order chi connectivity index (χ1) is 9.46. The molecule has 0 amide bonds. The molecule has 2 aromatic rings. The van der Waals surface area contributed by atoms with Crippen LogP contribution in [0.2, 0.25) is 0 Å². The second kappa shape index (κ2) is 5.54. The number of anilines is 1. The minimum atomic E-state index is -1.34. The smallest absolute Gasteiger partial charge is 0.146 e. The fraction of sp³-hybridized carbons (Fsp3) is 0.200. The van der Waals surface area contributed by atoms with Gasteiger partial charge in [0.25, 0.3) is 0 Å². The van der Waals surface area contributed by atoms with E-state index < -0.39 is 29.6 Å². The van der Waals surface area contributed by atoms with Crippen molar-refractivity contribution in [3.8, 4) is 0 Å². The van der Waals surface area contributed by atoms with Crippen LogP contribution in [0.1, 0.15) is 12.5 Å². The molecular formula is C15H14F3NO. The minimum Gasteiger partial charge on any atom is -0.394 e. The van der Waals surface area contributed by atoms with E-state index in [1.807, 2.05) is 0 Å². The number of rotatable bonds is 4.